The third-order valence-electron chi connectivity index (χ3n) is 3.90. The monoisotopic (exact) mass is 366 g/mol. The molecule has 4 heteroatoms. The van der Waals surface area contributed by atoms with Crippen LogP contribution in [0.1, 0.15) is 30.3 Å². The summed E-state index contributed by atoms with van der Waals surface area (Å²) in [6.07, 6.45) is 1.06. The van der Waals surface area contributed by atoms with Crippen LogP contribution in [0.2, 0.25) is 0 Å². The summed E-state index contributed by atoms with van der Waals surface area (Å²) in [6, 6.07) is 13.5. The molecule has 0 spiro atoms. The molecule has 0 radical (unpaired) electrons. The summed E-state index contributed by atoms with van der Waals surface area (Å²) in [6.45, 7) is 4.35. The molecular weight excluding hydrogens is 344 g/mol. The molecule has 0 aliphatic heterocycles. The molecule has 2 aromatic rings. The van der Waals surface area contributed by atoms with Gasteiger partial charge in [-0.3, -0.25) is 4.90 Å². The highest BCUT2D eigenvalue weighted by atomic mass is 79.9. The lowest BCUT2D eigenvalue weighted by atomic mass is 9.97. The largest absolute Gasteiger partial charge is 0.326 e. The predicted molar refractivity (Wildman–Crippen MR) is 95.8 cm³/mol. The number of likely N-dealkylation sites (N-methyl/N-ethyl adjacent to an activating group) is 1. The van der Waals surface area contributed by atoms with E-state index in [1.54, 1.807) is 0 Å². The zero-order valence-electron chi connectivity index (χ0n) is 12.8. The molecule has 0 saturated carbocycles. The predicted octanol–water partition coefficient (Wildman–Crippen LogP) is 4.46. The van der Waals surface area contributed by atoms with E-state index in [1.165, 1.54) is 10.4 Å². The number of benzene rings is 1. The first-order valence-corrected chi connectivity index (χ1v) is 8.91. The Morgan fingerprint density at radius 1 is 1.24 bits per heavy atom. The molecule has 3 atom stereocenters. The van der Waals surface area contributed by atoms with Gasteiger partial charge in [-0.2, -0.15) is 0 Å². The van der Waals surface area contributed by atoms with Crippen molar-refractivity contribution in [3.8, 4) is 0 Å². The van der Waals surface area contributed by atoms with Gasteiger partial charge in [0.15, 0.2) is 0 Å². The van der Waals surface area contributed by atoms with E-state index < -0.39 is 0 Å². The molecule has 0 aliphatic carbocycles. The number of nitrogens with two attached hydrogens (primary N) is 1. The third-order valence-corrected chi connectivity index (χ3v) is 5.29. The van der Waals surface area contributed by atoms with Gasteiger partial charge in [0.25, 0.3) is 0 Å². The Balaban J connectivity index is 2.17. The molecule has 21 heavy (non-hydrogen) atoms. The fourth-order valence-corrected chi connectivity index (χ4v) is 3.98. The number of hydrogen-bond acceptors (Lipinski definition) is 3. The fourth-order valence-electron chi connectivity index (χ4n) is 2.74. The van der Waals surface area contributed by atoms with E-state index in [-0.39, 0.29) is 12.1 Å². The van der Waals surface area contributed by atoms with Gasteiger partial charge in [0.2, 0.25) is 0 Å². The first-order valence-electron chi connectivity index (χ1n) is 7.24. The standard InChI is InChI=1S/C17H23BrN2S/c1-12(10-16-8-5-9-21-16)20(3)17(13(2)19)14-6-4-7-15(18)11-14/h4-9,11-13,17H,10,19H2,1-3H3. The Labute approximate surface area is 140 Å². The van der Waals surface area contributed by atoms with Crippen LogP contribution in [0.25, 0.3) is 0 Å². The topological polar surface area (TPSA) is 29.3 Å². The number of rotatable bonds is 6. The first-order chi connectivity index (χ1) is 9.99. The molecule has 2 N–H and O–H groups in total. The van der Waals surface area contributed by atoms with Crippen LogP contribution in [0.5, 0.6) is 0 Å². The second-order valence-electron chi connectivity index (χ2n) is 5.66. The fraction of sp³-hybridized carbons (Fsp3) is 0.412. The van der Waals surface area contributed by atoms with Gasteiger partial charge in [-0.1, -0.05) is 34.1 Å². The van der Waals surface area contributed by atoms with Crippen LogP contribution >= 0.6 is 27.3 Å². The SMILES string of the molecule is CC(N)C(c1cccc(Br)c1)N(C)C(C)Cc1cccs1. The molecule has 1 aromatic heterocycles. The Morgan fingerprint density at radius 3 is 2.57 bits per heavy atom. The molecule has 0 aliphatic rings. The minimum Gasteiger partial charge on any atom is -0.326 e. The molecule has 2 nitrogen and oxygen atoms in total. The van der Waals surface area contributed by atoms with Crippen LogP contribution < -0.4 is 5.73 Å². The van der Waals surface area contributed by atoms with Crippen molar-refractivity contribution in [1.82, 2.24) is 4.90 Å². The van der Waals surface area contributed by atoms with Gasteiger partial charge >= 0.3 is 0 Å². The molecule has 0 fully saturated rings. The van der Waals surface area contributed by atoms with Crippen LogP contribution in [-0.2, 0) is 6.42 Å². The van der Waals surface area contributed by atoms with Crippen molar-refractivity contribution >= 4 is 27.3 Å². The van der Waals surface area contributed by atoms with Gasteiger partial charge in [0.05, 0.1) is 0 Å². The molecule has 3 unspecified atom stereocenters. The number of nitrogens with zero attached hydrogens (tertiary/aromatic N) is 1. The molecule has 0 amide bonds. The Bertz CT molecular complexity index is 554. The van der Waals surface area contributed by atoms with Crippen LogP contribution in [0, 0.1) is 0 Å². The van der Waals surface area contributed by atoms with Crippen LogP contribution in [-0.4, -0.2) is 24.0 Å². The lowest BCUT2D eigenvalue weighted by Crippen LogP contribution is -2.42. The summed E-state index contributed by atoms with van der Waals surface area (Å²) >= 11 is 5.38. The lowest BCUT2D eigenvalue weighted by molar-refractivity contribution is 0.164. The lowest BCUT2D eigenvalue weighted by Gasteiger charge is -2.36. The maximum atomic E-state index is 6.28. The van der Waals surface area contributed by atoms with Gasteiger partial charge in [-0.25, -0.2) is 0 Å². The summed E-state index contributed by atoms with van der Waals surface area (Å²) in [5.41, 5.74) is 7.54. The second kappa shape index (κ2) is 7.54. The van der Waals surface area contributed by atoms with E-state index in [1.807, 2.05) is 11.3 Å². The Kier molecular flexibility index (Phi) is 5.99. The normalized spacial score (nSPS) is 15.9. The summed E-state index contributed by atoms with van der Waals surface area (Å²) < 4.78 is 1.10. The number of thiophene rings is 1. The van der Waals surface area contributed by atoms with Crippen molar-refractivity contribution in [2.24, 2.45) is 5.73 Å². The zero-order chi connectivity index (χ0) is 15.4. The molecular formula is C17H23BrN2S. The van der Waals surface area contributed by atoms with E-state index in [0.29, 0.717) is 6.04 Å². The van der Waals surface area contributed by atoms with Crippen molar-refractivity contribution in [2.45, 2.75) is 38.4 Å². The van der Waals surface area contributed by atoms with Gasteiger partial charge in [0, 0.05) is 27.5 Å². The zero-order valence-corrected chi connectivity index (χ0v) is 15.2. The minimum absolute atomic E-state index is 0.0788. The third kappa shape index (κ3) is 4.39. The summed E-state index contributed by atoms with van der Waals surface area (Å²) in [5, 5.41) is 2.14. The molecule has 0 bridgehead atoms. The molecule has 1 aromatic carbocycles. The minimum atomic E-state index is 0.0788. The van der Waals surface area contributed by atoms with Gasteiger partial charge in [0.1, 0.15) is 0 Å². The Hall–Kier alpha value is -0.680. The molecule has 1 heterocycles. The Morgan fingerprint density at radius 2 is 2.00 bits per heavy atom. The van der Waals surface area contributed by atoms with Crippen molar-refractivity contribution in [3.05, 3.63) is 56.7 Å². The van der Waals surface area contributed by atoms with Crippen molar-refractivity contribution < 1.29 is 0 Å². The van der Waals surface area contributed by atoms with E-state index in [2.05, 4.69) is 83.5 Å². The summed E-state index contributed by atoms with van der Waals surface area (Å²) in [7, 11) is 2.17. The van der Waals surface area contributed by atoms with E-state index in [0.717, 1.165) is 10.9 Å². The van der Waals surface area contributed by atoms with Gasteiger partial charge in [-0.15, -0.1) is 11.3 Å². The van der Waals surface area contributed by atoms with E-state index in [4.69, 9.17) is 5.73 Å². The van der Waals surface area contributed by atoms with Crippen LogP contribution in [0.3, 0.4) is 0 Å². The maximum Gasteiger partial charge on any atom is 0.0496 e. The molecule has 0 saturated heterocycles. The molecule has 114 valence electrons. The second-order valence-corrected chi connectivity index (χ2v) is 7.60. The smallest absolute Gasteiger partial charge is 0.0496 e. The van der Waals surface area contributed by atoms with Crippen LogP contribution in [0.15, 0.2) is 46.3 Å². The summed E-state index contributed by atoms with van der Waals surface area (Å²) in [4.78, 5) is 3.82. The number of halogens is 1. The highest BCUT2D eigenvalue weighted by Crippen LogP contribution is 2.27. The van der Waals surface area contributed by atoms with Crippen molar-refractivity contribution in [3.63, 3.8) is 0 Å². The van der Waals surface area contributed by atoms with Crippen molar-refractivity contribution in [1.29, 1.82) is 0 Å². The maximum absolute atomic E-state index is 6.28. The van der Waals surface area contributed by atoms with Gasteiger partial charge in [-0.05, 0) is 56.5 Å². The van der Waals surface area contributed by atoms with Gasteiger partial charge < -0.3 is 5.73 Å². The highest BCUT2D eigenvalue weighted by Gasteiger charge is 2.25. The van der Waals surface area contributed by atoms with E-state index in [9.17, 15) is 0 Å². The average molecular weight is 367 g/mol. The van der Waals surface area contributed by atoms with Crippen LogP contribution in [0.4, 0.5) is 0 Å². The average Bonchev–Trinajstić information content (AvgIpc) is 2.91. The highest BCUT2D eigenvalue weighted by molar-refractivity contribution is 9.10. The molecule has 2 rings (SSSR count). The van der Waals surface area contributed by atoms with E-state index >= 15 is 0 Å². The quantitative estimate of drug-likeness (QED) is 0.817. The number of hydrogen-bond donors (Lipinski definition) is 1. The first kappa shape index (κ1) is 16.7. The summed E-state index contributed by atoms with van der Waals surface area (Å²) in [5.74, 6) is 0. The van der Waals surface area contributed by atoms with Crippen molar-refractivity contribution in [2.75, 3.05) is 7.05 Å².